The van der Waals surface area contributed by atoms with Gasteiger partial charge >= 0.3 is 0 Å². The molecule has 56 valence electrons. The van der Waals surface area contributed by atoms with Crippen molar-refractivity contribution in [1.29, 1.82) is 0 Å². The van der Waals surface area contributed by atoms with E-state index in [4.69, 9.17) is 0 Å². The van der Waals surface area contributed by atoms with Gasteiger partial charge in [-0.2, -0.15) is 0 Å². The van der Waals surface area contributed by atoms with E-state index in [1.54, 1.807) is 0 Å². The van der Waals surface area contributed by atoms with Crippen molar-refractivity contribution in [3.05, 3.63) is 29.8 Å². The minimum Gasteiger partial charge on any atom is -0.143 e. The minimum absolute atomic E-state index is 0.718. The zero-order valence-corrected chi connectivity index (χ0v) is 8.32. The Morgan fingerprint density at radius 1 is 1.27 bits per heavy atom. The van der Waals surface area contributed by atoms with Crippen molar-refractivity contribution < 1.29 is 0 Å². The van der Waals surface area contributed by atoms with Crippen LogP contribution in [0.15, 0.2) is 29.2 Å². The smallest absolute Gasteiger partial charge is 0.0649 e. The molecule has 0 nitrogen and oxygen atoms in total. The van der Waals surface area contributed by atoms with Gasteiger partial charge in [-0.1, -0.05) is 27.8 Å². The van der Waals surface area contributed by atoms with Crippen molar-refractivity contribution in [2.45, 2.75) is 4.90 Å². The van der Waals surface area contributed by atoms with Crippen LogP contribution in [0, 0.1) is 11.8 Å². The summed E-state index contributed by atoms with van der Waals surface area (Å²) < 4.78 is 0. The van der Waals surface area contributed by atoms with Gasteiger partial charge in [0.25, 0.3) is 0 Å². The van der Waals surface area contributed by atoms with Crippen molar-refractivity contribution in [3.63, 3.8) is 0 Å². The van der Waals surface area contributed by atoms with Crippen LogP contribution >= 0.6 is 28.6 Å². The zero-order chi connectivity index (χ0) is 8.10. The fraction of sp³-hybridized carbons (Fsp3) is 0.111. The molecule has 1 rings (SSSR count). The van der Waals surface area contributed by atoms with Crippen molar-refractivity contribution >= 4 is 28.6 Å². The standard InChI is InChI=1S/C9H7BrS/c10-7-1-2-8-3-5-9(11)6-4-8/h3-6,11H,7H2. The molecule has 0 saturated heterocycles. The van der Waals surface area contributed by atoms with Crippen LogP contribution < -0.4 is 0 Å². The third-order valence-electron chi connectivity index (χ3n) is 1.17. The lowest BCUT2D eigenvalue weighted by atomic mass is 10.2. The second-order valence-electron chi connectivity index (χ2n) is 1.98. The van der Waals surface area contributed by atoms with Gasteiger partial charge in [-0.25, -0.2) is 0 Å². The van der Waals surface area contributed by atoms with E-state index in [0.29, 0.717) is 0 Å². The summed E-state index contributed by atoms with van der Waals surface area (Å²) in [4.78, 5) is 0.967. The van der Waals surface area contributed by atoms with Crippen LogP contribution in [0.2, 0.25) is 0 Å². The van der Waals surface area contributed by atoms with Crippen molar-refractivity contribution in [3.8, 4) is 11.8 Å². The molecule has 0 saturated carbocycles. The van der Waals surface area contributed by atoms with Gasteiger partial charge in [-0.05, 0) is 24.3 Å². The molecule has 0 unspecified atom stereocenters. The van der Waals surface area contributed by atoms with Crippen LogP contribution in [-0.2, 0) is 0 Å². The van der Waals surface area contributed by atoms with E-state index < -0.39 is 0 Å². The van der Waals surface area contributed by atoms with Crippen molar-refractivity contribution in [1.82, 2.24) is 0 Å². The zero-order valence-electron chi connectivity index (χ0n) is 5.84. The molecule has 0 aliphatic carbocycles. The summed E-state index contributed by atoms with van der Waals surface area (Å²) in [5.74, 6) is 5.92. The van der Waals surface area contributed by atoms with E-state index in [-0.39, 0.29) is 0 Å². The first-order valence-corrected chi connectivity index (χ1v) is 4.73. The lowest BCUT2D eigenvalue weighted by molar-refractivity contribution is 1.46. The molecule has 0 bridgehead atoms. The van der Waals surface area contributed by atoms with Crippen LogP contribution in [0.4, 0.5) is 0 Å². The van der Waals surface area contributed by atoms with Crippen LogP contribution in [0.25, 0.3) is 0 Å². The summed E-state index contributed by atoms with van der Waals surface area (Å²) >= 11 is 7.40. The van der Waals surface area contributed by atoms with E-state index in [1.165, 1.54) is 0 Å². The summed E-state index contributed by atoms with van der Waals surface area (Å²) in [5.41, 5.74) is 1.03. The summed E-state index contributed by atoms with van der Waals surface area (Å²) in [7, 11) is 0. The highest BCUT2D eigenvalue weighted by Crippen LogP contribution is 2.06. The second-order valence-corrected chi connectivity index (χ2v) is 3.06. The number of hydrogen-bond donors (Lipinski definition) is 1. The van der Waals surface area contributed by atoms with Crippen LogP contribution in [0.3, 0.4) is 0 Å². The highest BCUT2D eigenvalue weighted by atomic mass is 79.9. The molecule has 11 heavy (non-hydrogen) atoms. The number of alkyl halides is 1. The number of hydrogen-bond acceptors (Lipinski definition) is 1. The summed E-state index contributed by atoms with van der Waals surface area (Å²) in [6.07, 6.45) is 0. The van der Waals surface area contributed by atoms with Crippen LogP contribution in [0.5, 0.6) is 0 Å². The maximum atomic E-state index is 4.17. The van der Waals surface area contributed by atoms with Gasteiger partial charge in [0.1, 0.15) is 0 Å². The Morgan fingerprint density at radius 3 is 2.45 bits per heavy atom. The number of thiol groups is 1. The van der Waals surface area contributed by atoms with Gasteiger partial charge in [0.15, 0.2) is 0 Å². The van der Waals surface area contributed by atoms with Crippen molar-refractivity contribution in [2.75, 3.05) is 5.33 Å². The summed E-state index contributed by atoms with van der Waals surface area (Å²) in [6.45, 7) is 0. The molecule has 0 aliphatic rings. The Bertz CT molecular complexity index is 279. The lowest BCUT2D eigenvalue weighted by Crippen LogP contribution is -1.72. The Kier molecular flexibility index (Phi) is 3.55. The molecule has 0 aromatic heterocycles. The monoisotopic (exact) mass is 226 g/mol. The molecule has 2 heteroatoms. The van der Waals surface area contributed by atoms with E-state index in [1.807, 2.05) is 24.3 Å². The topological polar surface area (TPSA) is 0 Å². The minimum atomic E-state index is 0.718. The lowest BCUT2D eigenvalue weighted by Gasteiger charge is -1.89. The average molecular weight is 227 g/mol. The predicted molar refractivity (Wildman–Crippen MR) is 54.4 cm³/mol. The van der Waals surface area contributed by atoms with E-state index in [2.05, 4.69) is 40.4 Å². The first-order chi connectivity index (χ1) is 5.33. The maximum Gasteiger partial charge on any atom is 0.0649 e. The SMILES string of the molecule is Sc1ccc(C#CCBr)cc1. The quantitative estimate of drug-likeness (QED) is 0.393. The largest absolute Gasteiger partial charge is 0.143 e. The third kappa shape index (κ3) is 3.00. The van der Waals surface area contributed by atoms with Gasteiger partial charge in [0.2, 0.25) is 0 Å². The summed E-state index contributed by atoms with van der Waals surface area (Å²) in [5, 5.41) is 0.718. The summed E-state index contributed by atoms with van der Waals surface area (Å²) in [6, 6.07) is 7.78. The molecule has 0 N–H and O–H groups in total. The number of benzene rings is 1. The molecule has 0 heterocycles. The van der Waals surface area contributed by atoms with Crippen LogP contribution in [0.1, 0.15) is 5.56 Å². The van der Waals surface area contributed by atoms with Gasteiger partial charge in [0, 0.05) is 10.5 Å². The maximum absolute atomic E-state index is 4.17. The molecule has 0 radical (unpaired) electrons. The first-order valence-electron chi connectivity index (χ1n) is 3.17. The van der Waals surface area contributed by atoms with E-state index in [9.17, 15) is 0 Å². The van der Waals surface area contributed by atoms with E-state index in [0.717, 1.165) is 15.8 Å². The van der Waals surface area contributed by atoms with E-state index >= 15 is 0 Å². The van der Waals surface area contributed by atoms with Crippen molar-refractivity contribution in [2.24, 2.45) is 0 Å². The fourth-order valence-electron chi connectivity index (χ4n) is 0.680. The molecule has 0 aliphatic heterocycles. The Labute approximate surface area is 80.5 Å². The number of halogens is 1. The molecule has 1 aromatic rings. The molecule has 0 amide bonds. The molecule has 0 fully saturated rings. The molecular formula is C9H7BrS. The van der Waals surface area contributed by atoms with Gasteiger partial charge in [0.05, 0.1) is 5.33 Å². The Morgan fingerprint density at radius 2 is 1.91 bits per heavy atom. The highest BCUT2D eigenvalue weighted by molar-refractivity contribution is 9.09. The predicted octanol–water partition coefficient (Wildman–Crippen LogP) is 2.72. The highest BCUT2D eigenvalue weighted by Gasteiger charge is 1.84. The normalized spacial score (nSPS) is 8.55. The van der Waals surface area contributed by atoms with Crippen LogP contribution in [-0.4, -0.2) is 5.33 Å². The van der Waals surface area contributed by atoms with Gasteiger partial charge < -0.3 is 0 Å². The Hall–Kier alpha value is -0.390. The fourth-order valence-corrected chi connectivity index (χ4v) is 0.969. The number of rotatable bonds is 0. The molecule has 0 spiro atoms. The molecule has 0 atom stereocenters. The third-order valence-corrected chi connectivity index (χ3v) is 1.75. The van der Waals surface area contributed by atoms with Gasteiger partial charge in [-0.3, -0.25) is 0 Å². The van der Waals surface area contributed by atoms with Gasteiger partial charge in [-0.15, -0.1) is 12.6 Å². The average Bonchev–Trinajstić information content (AvgIpc) is 2.04. The molecule has 1 aromatic carbocycles. The first kappa shape index (κ1) is 8.70. The molecular weight excluding hydrogens is 220 g/mol. The second kappa shape index (κ2) is 4.48. The Balaban J connectivity index is 2.82.